The van der Waals surface area contributed by atoms with E-state index in [1.807, 2.05) is 19.9 Å². The maximum atomic E-state index is 12.6. The van der Waals surface area contributed by atoms with E-state index in [1.165, 1.54) is 4.90 Å². The monoisotopic (exact) mass is 294 g/mol. The fourth-order valence-corrected chi connectivity index (χ4v) is 2.90. The van der Waals surface area contributed by atoms with Gasteiger partial charge in [0.25, 0.3) is 0 Å². The SMILES string of the molecule is Cc1occc1CN(C)C(=O)N1CCCC(C)C1C(=O)O. The largest absolute Gasteiger partial charge is 0.480 e. The molecule has 0 aliphatic carbocycles. The second-order valence-electron chi connectivity index (χ2n) is 5.74. The average molecular weight is 294 g/mol. The number of carbonyl (C=O) groups excluding carboxylic acids is 1. The van der Waals surface area contributed by atoms with Crippen molar-refractivity contribution in [2.24, 2.45) is 5.92 Å². The topological polar surface area (TPSA) is 74.0 Å². The van der Waals surface area contributed by atoms with Gasteiger partial charge in [-0.2, -0.15) is 0 Å². The molecule has 2 atom stereocenters. The highest BCUT2D eigenvalue weighted by atomic mass is 16.4. The van der Waals surface area contributed by atoms with Crippen molar-refractivity contribution in [3.63, 3.8) is 0 Å². The summed E-state index contributed by atoms with van der Waals surface area (Å²) in [4.78, 5) is 27.0. The Morgan fingerprint density at radius 3 is 2.81 bits per heavy atom. The van der Waals surface area contributed by atoms with Crippen LogP contribution in [0.1, 0.15) is 31.1 Å². The molecular weight excluding hydrogens is 272 g/mol. The van der Waals surface area contributed by atoms with Crippen molar-refractivity contribution in [1.82, 2.24) is 9.80 Å². The minimum Gasteiger partial charge on any atom is -0.480 e. The van der Waals surface area contributed by atoms with Crippen LogP contribution >= 0.6 is 0 Å². The van der Waals surface area contributed by atoms with Crippen molar-refractivity contribution in [2.75, 3.05) is 13.6 Å². The molecule has 0 bridgehead atoms. The zero-order chi connectivity index (χ0) is 15.6. The van der Waals surface area contributed by atoms with Crippen LogP contribution in [0.3, 0.4) is 0 Å². The van der Waals surface area contributed by atoms with E-state index in [1.54, 1.807) is 18.2 Å². The molecule has 1 fully saturated rings. The zero-order valence-corrected chi connectivity index (χ0v) is 12.7. The fourth-order valence-electron chi connectivity index (χ4n) is 2.90. The highest BCUT2D eigenvalue weighted by molar-refractivity contribution is 5.83. The third-order valence-corrected chi connectivity index (χ3v) is 4.13. The van der Waals surface area contributed by atoms with Crippen molar-refractivity contribution < 1.29 is 19.1 Å². The number of carboxylic acid groups (broad SMARTS) is 1. The highest BCUT2D eigenvalue weighted by Gasteiger charge is 2.38. The first-order valence-corrected chi connectivity index (χ1v) is 7.19. The third-order valence-electron chi connectivity index (χ3n) is 4.13. The number of hydrogen-bond donors (Lipinski definition) is 1. The number of amides is 2. The number of piperidine rings is 1. The number of nitrogens with zero attached hydrogens (tertiary/aromatic N) is 2. The molecule has 1 N–H and O–H groups in total. The van der Waals surface area contributed by atoms with Crippen LogP contribution in [0.5, 0.6) is 0 Å². The van der Waals surface area contributed by atoms with E-state index < -0.39 is 12.0 Å². The lowest BCUT2D eigenvalue weighted by Gasteiger charge is -2.39. The summed E-state index contributed by atoms with van der Waals surface area (Å²) < 4.78 is 5.22. The molecule has 0 saturated carbocycles. The lowest BCUT2D eigenvalue weighted by Crippen LogP contribution is -2.55. The van der Waals surface area contributed by atoms with Crippen LogP contribution in [0.4, 0.5) is 4.79 Å². The molecule has 1 aliphatic rings. The van der Waals surface area contributed by atoms with Gasteiger partial charge in [0, 0.05) is 19.2 Å². The molecule has 0 aromatic carbocycles. The zero-order valence-electron chi connectivity index (χ0n) is 12.7. The number of aryl methyl sites for hydroxylation is 1. The van der Waals surface area contributed by atoms with E-state index in [9.17, 15) is 14.7 Å². The molecule has 1 aromatic heterocycles. The van der Waals surface area contributed by atoms with E-state index in [4.69, 9.17) is 4.42 Å². The molecule has 2 amide bonds. The Morgan fingerprint density at radius 2 is 2.24 bits per heavy atom. The smallest absolute Gasteiger partial charge is 0.326 e. The normalized spacial score (nSPS) is 22.1. The number of rotatable bonds is 3. The summed E-state index contributed by atoms with van der Waals surface area (Å²) in [7, 11) is 1.69. The van der Waals surface area contributed by atoms with Crippen molar-refractivity contribution in [1.29, 1.82) is 0 Å². The van der Waals surface area contributed by atoms with E-state index >= 15 is 0 Å². The molecular formula is C15H22N2O4. The third kappa shape index (κ3) is 3.20. The quantitative estimate of drug-likeness (QED) is 0.928. The Hall–Kier alpha value is -1.98. The summed E-state index contributed by atoms with van der Waals surface area (Å²) in [6.07, 6.45) is 3.27. The molecule has 1 aliphatic heterocycles. The van der Waals surface area contributed by atoms with E-state index in [0.29, 0.717) is 13.1 Å². The molecule has 1 aromatic rings. The molecule has 1 saturated heterocycles. The molecule has 116 valence electrons. The first-order valence-electron chi connectivity index (χ1n) is 7.19. The van der Waals surface area contributed by atoms with Crippen molar-refractivity contribution in [2.45, 2.75) is 39.3 Å². The summed E-state index contributed by atoms with van der Waals surface area (Å²) in [5, 5.41) is 9.38. The molecule has 2 heterocycles. The Bertz CT molecular complexity index is 525. The van der Waals surface area contributed by atoms with Gasteiger partial charge in [-0.1, -0.05) is 6.92 Å². The van der Waals surface area contributed by atoms with Gasteiger partial charge in [-0.15, -0.1) is 0 Å². The fraction of sp³-hybridized carbons (Fsp3) is 0.600. The second-order valence-corrected chi connectivity index (χ2v) is 5.74. The predicted molar refractivity (Wildman–Crippen MR) is 76.8 cm³/mol. The average Bonchev–Trinajstić information content (AvgIpc) is 2.82. The van der Waals surface area contributed by atoms with Crippen LogP contribution < -0.4 is 0 Å². The van der Waals surface area contributed by atoms with Gasteiger partial charge in [0.05, 0.1) is 12.8 Å². The van der Waals surface area contributed by atoms with Gasteiger partial charge in [0.1, 0.15) is 11.8 Å². The predicted octanol–water partition coefficient (Wildman–Crippen LogP) is 2.32. The number of likely N-dealkylation sites (tertiary alicyclic amines) is 1. The van der Waals surface area contributed by atoms with Crippen LogP contribution in [0, 0.1) is 12.8 Å². The molecule has 2 rings (SSSR count). The lowest BCUT2D eigenvalue weighted by molar-refractivity contribution is -0.145. The number of furan rings is 1. The van der Waals surface area contributed by atoms with Crippen LogP contribution in [0.25, 0.3) is 0 Å². The second kappa shape index (κ2) is 6.20. The van der Waals surface area contributed by atoms with E-state index in [-0.39, 0.29) is 11.9 Å². The van der Waals surface area contributed by atoms with Crippen molar-refractivity contribution in [3.05, 3.63) is 23.7 Å². The maximum Gasteiger partial charge on any atom is 0.326 e. The Morgan fingerprint density at radius 1 is 1.52 bits per heavy atom. The molecule has 6 heteroatoms. The summed E-state index contributed by atoms with van der Waals surface area (Å²) in [6.45, 7) is 4.64. The highest BCUT2D eigenvalue weighted by Crippen LogP contribution is 2.25. The minimum atomic E-state index is -0.927. The van der Waals surface area contributed by atoms with E-state index in [0.717, 1.165) is 24.2 Å². The first-order chi connectivity index (χ1) is 9.91. The van der Waals surface area contributed by atoms with Crippen LogP contribution in [0.2, 0.25) is 0 Å². The van der Waals surface area contributed by atoms with Crippen molar-refractivity contribution in [3.8, 4) is 0 Å². The molecule has 2 unspecified atom stereocenters. The Kier molecular flexibility index (Phi) is 4.55. The van der Waals surface area contributed by atoms with Crippen LogP contribution in [0.15, 0.2) is 16.7 Å². The maximum absolute atomic E-state index is 12.6. The van der Waals surface area contributed by atoms with Gasteiger partial charge in [-0.3, -0.25) is 0 Å². The summed E-state index contributed by atoms with van der Waals surface area (Å²) in [6, 6.07) is 0.848. The Labute approximate surface area is 124 Å². The van der Waals surface area contributed by atoms with Gasteiger partial charge in [0.2, 0.25) is 0 Å². The number of aliphatic carboxylic acids is 1. The number of carboxylic acids is 1. The standard InChI is InChI=1S/C15H22N2O4/c1-10-5-4-7-17(13(10)14(18)19)15(20)16(3)9-12-6-8-21-11(12)2/h6,8,10,13H,4-5,7,9H2,1-3H3,(H,18,19). The summed E-state index contributed by atoms with van der Waals surface area (Å²) in [5.74, 6) is -0.177. The number of carbonyl (C=O) groups is 2. The van der Waals surface area contributed by atoms with Crippen LogP contribution in [-0.4, -0.2) is 46.5 Å². The number of urea groups is 1. The van der Waals surface area contributed by atoms with Gasteiger partial charge in [-0.25, -0.2) is 9.59 Å². The summed E-state index contributed by atoms with van der Waals surface area (Å²) in [5.41, 5.74) is 0.933. The Balaban J connectivity index is 2.10. The van der Waals surface area contributed by atoms with Crippen molar-refractivity contribution >= 4 is 12.0 Å². The van der Waals surface area contributed by atoms with Gasteiger partial charge in [0.15, 0.2) is 0 Å². The van der Waals surface area contributed by atoms with E-state index in [2.05, 4.69) is 0 Å². The molecule has 6 nitrogen and oxygen atoms in total. The molecule has 0 radical (unpaired) electrons. The van der Waals surface area contributed by atoms with Crippen LogP contribution in [-0.2, 0) is 11.3 Å². The summed E-state index contributed by atoms with van der Waals surface area (Å²) >= 11 is 0. The molecule has 0 spiro atoms. The first kappa shape index (κ1) is 15.4. The lowest BCUT2D eigenvalue weighted by atomic mass is 9.91. The number of hydrogen-bond acceptors (Lipinski definition) is 3. The van der Waals surface area contributed by atoms with Gasteiger partial charge < -0.3 is 19.3 Å². The molecule has 21 heavy (non-hydrogen) atoms. The van der Waals surface area contributed by atoms with Gasteiger partial charge >= 0.3 is 12.0 Å². The minimum absolute atomic E-state index is 0.0238. The van der Waals surface area contributed by atoms with Gasteiger partial charge in [-0.05, 0) is 31.7 Å².